The third-order valence-electron chi connectivity index (χ3n) is 3.71. The number of methoxy groups -OCH3 is 2. The van der Waals surface area contributed by atoms with Gasteiger partial charge in [-0.1, -0.05) is 0 Å². The molecule has 0 aliphatic rings. The Kier molecular flexibility index (Phi) is 5.49. The van der Waals surface area contributed by atoms with Crippen molar-refractivity contribution in [1.82, 2.24) is 10.2 Å². The van der Waals surface area contributed by atoms with Gasteiger partial charge in [0, 0.05) is 23.8 Å². The smallest absolute Gasteiger partial charge is 0.338 e. The van der Waals surface area contributed by atoms with E-state index in [1.165, 1.54) is 50.6 Å². The van der Waals surface area contributed by atoms with Crippen LogP contribution >= 0.6 is 0 Å². The molecule has 28 heavy (non-hydrogen) atoms. The zero-order chi connectivity index (χ0) is 20.1. The molecule has 0 N–H and O–H groups in total. The van der Waals surface area contributed by atoms with E-state index >= 15 is 0 Å². The number of carbonyl (C=O) groups excluding carboxylic acids is 1. The number of hydrogen-bond donors (Lipinski definition) is 0. The van der Waals surface area contributed by atoms with Crippen molar-refractivity contribution in [3.8, 4) is 23.0 Å². The van der Waals surface area contributed by atoms with Crippen molar-refractivity contribution in [3.05, 3.63) is 64.0 Å². The highest BCUT2D eigenvalue weighted by atomic mass is 16.6. The standard InChI is InChI=1S/C18H15N3O7/c1-25-14-7-12(8-15(9-14)26-2)18(22)27-10-16-19-20-17(28-16)11-3-5-13(6-4-11)21(23)24/h3-9H,10H2,1-2H3. The summed E-state index contributed by atoms with van der Waals surface area (Å²) < 4.78 is 20.8. The first-order valence-corrected chi connectivity index (χ1v) is 7.97. The fraction of sp³-hybridized carbons (Fsp3) is 0.167. The van der Waals surface area contributed by atoms with Crippen molar-refractivity contribution in [2.45, 2.75) is 6.61 Å². The van der Waals surface area contributed by atoms with Crippen LogP contribution in [-0.4, -0.2) is 35.3 Å². The number of nitro groups is 1. The quantitative estimate of drug-likeness (QED) is 0.342. The van der Waals surface area contributed by atoms with Gasteiger partial charge >= 0.3 is 5.97 Å². The van der Waals surface area contributed by atoms with Gasteiger partial charge in [0.2, 0.25) is 5.89 Å². The van der Waals surface area contributed by atoms with Gasteiger partial charge in [-0.3, -0.25) is 10.1 Å². The molecular weight excluding hydrogens is 370 g/mol. The molecule has 3 aromatic rings. The third-order valence-corrected chi connectivity index (χ3v) is 3.71. The van der Waals surface area contributed by atoms with Crippen LogP contribution < -0.4 is 9.47 Å². The molecule has 0 fully saturated rings. The second kappa shape index (κ2) is 8.16. The number of aromatic nitrogens is 2. The minimum Gasteiger partial charge on any atom is -0.497 e. The molecule has 0 saturated heterocycles. The van der Waals surface area contributed by atoms with E-state index in [1.807, 2.05) is 0 Å². The number of rotatable bonds is 7. The Morgan fingerprint density at radius 1 is 1.07 bits per heavy atom. The summed E-state index contributed by atoms with van der Waals surface area (Å²) in [5.41, 5.74) is 0.700. The Hall–Kier alpha value is -3.95. The van der Waals surface area contributed by atoms with Gasteiger partial charge in [0.1, 0.15) is 11.5 Å². The Morgan fingerprint density at radius 3 is 2.29 bits per heavy atom. The number of nitrogens with zero attached hydrogens (tertiary/aromatic N) is 3. The van der Waals surface area contributed by atoms with Crippen molar-refractivity contribution in [3.63, 3.8) is 0 Å². The van der Waals surface area contributed by atoms with E-state index in [-0.39, 0.29) is 29.6 Å². The van der Waals surface area contributed by atoms with Gasteiger partial charge < -0.3 is 18.6 Å². The van der Waals surface area contributed by atoms with Crippen LogP contribution in [0.4, 0.5) is 5.69 Å². The van der Waals surface area contributed by atoms with Gasteiger partial charge in [0.05, 0.1) is 24.7 Å². The lowest BCUT2D eigenvalue weighted by atomic mass is 10.2. The first-order valence-electron chi connectivity index (χ1n) is 7.97. The highest BCUT2D eigenvalue weighted by molar-refractivity contribution is 5.90. The second-order valence-electron chi connectivity index (χ2n) is 5.48. The monoisotopic (exact) mass is 385 g/mol. The molecule has 3 rings (SSSR count). The highest BCUT2D eigenvalue weighted by Gasteiger charge is 2.15. The first-order chi connectivity index (χ1) is 13.5. The number of benzene rings is 2. The van der Waals surface area contributed by atoms with Gasteiger partial charge in [-0.05, 0) is 24.3 Å². The lowest BCUT2D eigenvalue weighted by molar-refractivity contribution is -0.384. The molecule has 0 spiro atoms. The molecule has 0 aliphatic heterocycles. The highest BCUT2D eigenvalue weighted by Crippen LogP contribution is 2.24. The fourth-order valence-corrected chi connectivity index (χ4v) is 2.29. The van der Waals surface area contributed by atoms with Crippen LogP contribution in [0.5, 0.6) is 11.5 Å². The van der Waals surface area contributed by atoms with Crippen molar-refractivity contribution in [2.24, 2.45) is 0 Å². The maximum absolute atomic E-state index is 12.2. The summed E-state index contributed by atoms with van der Waals surface area (Å²) >= 11 is 0. The number of hydrogen-bond acceptors (Lipinski definition) is 9. The molecule has 0 amide bonds. The summed E-state index contributed by atoms with van der Waals surface area (Å²) in [7, 11) is 2.95. The summed E-state index contributed by atoms with van der Waals surface area (Å²) in [4.78, 5) is 22.4. The third kappa shape index (κ3) is 4.23. The van der Waals surface area contributed by atoms with Gasteiger partial charge in [-0.2, -0.15) is 0 Å². The minimum absolute atomic E-state index is 0.0499. The molecule has 144 valence electrons. The Labute approximate surface area is 158 Å². The summed E-state index contributed by atoms with van der Waals surface area (Å²) in [6.45, 7) is -0.238. The molecule has 2 aromatic carbocycles. The van der Waals surface area contributed by atoms with E-state index in [0.717, 1.165) is 0 Å². The van der Waals surface area contributed by atoms with Crippen LogP contribution in [0.3, 0.4) is 0 Å². The van der Waals surface area contributed by atoms with E-state index in [0.29, 0.717) is 17.1 Å². The maximum Gasteiger partial charge on any atom is 0.338 e. The van der Waals surface area contributed by atoms with Crippen molar-refractivity contribution in [2.75, 3.05) is 14.2 Å². The minimum atomic E-state index is -0.618. The van der Waals surface area contributed by atoms with Gasteiger partial charge in [-0.15, -0.1) is 10.2 Å². The zero-order valence-corrected chi connectivity index (χ0v) is 14.9. The molecule has 0 unspecified atom stereocenters. The molecule has 0 radical (unpaired) electrons. The van der Waals surface area contributed by atoms with Crippen LogP contribution in [0, 0.1) is 10.1 Å². The molecule has 10 heteroatoms. The molecular formula is C18H15N3O7. The summed E-state index contributed by atoms with van der Waals surface area (Å²) in [5.74, 6) is 0.516. The van der Waals surface area contributed by atoms with Crippen molar-refractivity contribution >= 4 is 11.7 Å². The summed E-state index contributed by atoms with van der Waals surface area (Å²) in [6.07, 6.45) is 0. The largest absolute Gasteiger partial charge is 0.497 e. The summed E-state index contributed by atoms with van der Waals surface area (Å²) in [6, 6.07) is 10.3. The second-order valence-corrected chi connectivity index (χ2v) is 5.48. The molecule has 0 saturated carbocycles. The molecule has 1 heterocycles. The number of non-ortho nitro benzene ring substituents is 1. The number of ether oxygens (including phenoxy) is 3. The molecule has 0 bridgehead atoms. The predicted octanol–water partition coefficient (Wildman–Crippen LogP) is 3.02. The van der Waals surface area contributed by atoms with Gasteiger partial charge in [-0.25, -0.2) is 4.79 Å². The average molecular weight is 385 g/mol. The predicted molar refractivity (Wildman–Crippen MR) is 95.1 cm³/mol. The van der Waals surface area contributed by atoms with E-state index in [9.17, 15) is 14.9 Å². The zero-order valence-electron chi connectivity index (χ0n) is 14.9. The van der Waals surface area contributed by atoms with E-state index < -0.39 is 10.9 Å². The van der Waals surface area contributed by atoms with E-state index in [4.69, 9.17) is 18.6 Å². The lowest BCUT2D eigenvalue weighted by Gasteiger charge is -2.07. The number of esters is 1. The SMILES string of the molecule is COc1cc(OC)cc(C(=O)OCc2nnc(-c3ccc([N+](=O)[O-])cc3)o2)c1. The van der Waals surface area contributed by atoms with Crippen molar-refractivity contribution < 1.29 is 28.3 Å². The van der Waals surface area contributed by atoms with Crippen LogP contribution in [0.2, 0.25) is 0 Å². The topological polar surface area (TPSA) is 127 Å². The number of nitro benzene ring substituents is 1. The Balaban J connectivity index is 1.67. The van der Waals surface area contributed by atoms with E-state index in [2.05, 4.69) is 10.2 Å². The van der Waals surface area contributed by atoms with Crippen molar-refractivity contribution in [1.29, 1.82) is 0 Å². The van der Waals surface area contributed by atoms with E-state index in [1.54, 1.807) is 6.07 Å². The van der Waals surface area contributed by atoms with Crippen LogP contribution in [0.15, 0.2) is 46.9 Å². The molecule has 0 atom stereocenters. The maximum atomic E-state index is 12.2. The van der Waals surface area contributed by atoms with Gasteiger partial charge in [0.15, 0.2) is 6.61 Å². The van der Waals surface area contributed by atoms with Gasteiger partial charge in [0.25, 0.3) is 11.6 Å². The van der Waals surface area contributed by atoms with Crippen LogP contribution in [0.25, 0.3) is 11.5 Å². The Morgan fingerprint density at radius 2 is 1.71 bits per heavy atom. The molecule has 0 aliphatic carbocycles. The molecule has 10 nitrogen and oxygen atoms in total. The number of carbonyl (C=O) groups is 1. The lowest BCUT2D eigenvalue weighted by Crippen LogP contribution is -2.06. The Bertz CT molecular complexity index is 976. The van der Waals surface area contributed by atoms with Crippen LogP contribution in [-0.2, 0) is 11.3 Å². The van der Waals surface area contributed by atoms with Crippen LogP contribution in [0.1, 0.15) is 16.2 Å². The molecule has 1 aromatic heterocycles. The normalized spacial score (nSPS) is 10.4. The fourth-order valence-electron chi connectivity index (χ4n) is 2.29. The summed E-state index contributed by atoms with van der Waals surface area (Å²) in [5, 5.41) is 18.3. The average Bonchev–Trinajstić information content (AvgIpc) is 3.20. The first kappa shape index (κ1) is 18.8.